The van der Waals surface area contributed by atoms with Gasteiger partial charge in [-0.05, 0) is 120 Å². The fourth-order valence-electron chi connectivity index (χ4n) is 11.7. The summed E-state index contributed by atoms with van der Waals surface area (Å²) >= 11 is 0. The minimum atomic E-state index is -0.425. The van der Waals surface area contributed by atoms with E-state index < -0.39 is 5.41 Å². The third-order valence-corrected chi connectivity index (χ3v) is 14.5. The molecule has 0 radical (unpaired) electrons. The first-order chi connectivity index (χ1) is 33.3. The second kappa shape index (κ2) is 14.7. The van der Waals surface area contributed by atoms with Gasteiger partial charge < -0.3 is 9.32 Å². The lowest BCUT2D eigenvalue weighted by atomic mass is 9.70. The second-order valence-corrected chi connectivity index (χ2v) is 17.9. The Bertz CT molecular complexity index is 3840. The van der Waals surface area contributed by atoms with Gasteiger partial charge in [-0.2, -0.15) is 0 Å². The average Bonchev–Trinajstić information content (AvgIpc) is 4.05. The molecule has 67 heavy (non-hydrogen) atoms. The molecule has 2 heteroatoms. The maximum atomic E-state index is 7.12. The summed E-state index contributed by atoms with van der Waals surface area (Å²) in [5.41, 5.74) is 20.0. The van der Waals surface area contributed by atoms with Crippen LogP contribution in [0.15, 0.2) is 253 Å². The first-order valence-corrected chi connectivity index (χ1v) is 23.2. The van der Waals surface area contributed by atoms with Gasteiger partial charge in [-0.25, -0.2) is 0 Å². The van der Waals surface area contributed by atoms with Crippen molar-refractivity contribution >= 4 is 49.6 Å². The van der Waals surface area contributed by atoms with Crippen LogP contribution in [0.1, 0.15) is 22.3 Å². The van der Waals surface area contributed by atoms with Gasteiger partial charge in [0.15, 0.2) is 0 Å². The number of fused-ring (bicyclic) bond motifs is 16. The number of hydrogen-bond acceptors (Lipinski definition) is 2. The molecule has 1 heterocycles. The number of hydrogen-bond donors (Lipinski definition) is 0. The summed E-state index contributed by atoms with van der Waals surface area (Å²) in [6.07, 6.45) is 0. The van der Waals surface area contributed by atoms with Crippen molar-refractivity contribution in [1.82, 2.24) is 0 Å². The molecular weight excluding hydrogens is 811 g/mol. The summed E-state index contributed by atoms with van der Waals surface area (Å²) in [5, 5.41) is 5.82. The Kier molecular flexibility index (Phi) is 8.23. The van der Waals surface area contributed by atoms with E-state index in [4.69, 9.17) is 4.42 Å². The van der Waals surface area contributed by atoms with Crippen molar-refractivity contribution < 1.29 is 4.42 Å². The van der Waals surface area contributed by atoms with Crippen LogP contribution >= 0.6 is 0 Å². The van der Waals surface area contributed by atoms with Crippen LogP contribution in [0.4, 0.5) is 17.1 Å². The van der Waals surface area contributed by atoms with Gasteiger partial charge in [0.2, 0.25) is 0 Å². The van der Waals surface area contributed by atoms with E-state index in [2.05, 4.69) is 254 Å². The lowest BCUT2D eigenvalue weighted by Crippen LogP contribution is -2.26. The van der Waals surface area contributed by atoms with E-state index in [1.807, 2.05) is 0 Å². The normalized spacial score (nSPS) is 12.9. The van der Waals surface area contributed by atoms with Gasteiger partial charge in [0.1, 0.15) is 11.3 Å². The molecule has 1 spiro atoms. The molecule has 0 fully saturated rings. The zero-order valence-corrected chi connectivity index (χ0v) is 36.5. The Morgan fingerprint density at radius 3 is 1.42 bits per heavy atom. The van der Waals surface area contributed by atoms with Crippen molar-refractivity contribution in [3.8, 4) is 55.8 Å². The molecule has 2 aliphatic rings. The highest BCUT2D eigenvalue weighted by Crippen LogP contribution is 2.63. The maximum absolute atomic E-state index is 7.12. The third kappa shape index (κ3) is 5.45. The molecule has 0 aliphatic heterocycles. The Hall–Kier alpha value is -8.72. The van der Waals surface area contributed by atoms with Gasteiger partial charge in [-0.3, -0.25) is 0 Å². The summed E-state index contributed by atoms with van der Waals surface area (Å²) in [5.74, 6) is 0.887. The summed E-state index contributed by atoms with van der Waals surface area (Å²) < 4.78 is 7.12. The SMILES string of the molecule is c1ccc(-c2oc3c4cc(-c5ccc(N(c6ccccc6)c6ccc7c(c6)C6(c8ccccc8-c8ccccc86)c6ccccc6-7)cc5)ccc4c4ccccc4c3c2-c2ccccc2)cc1. The van der Waals surface area contributed by atoms with Crippen molar-refractivity contribution in [1.29, 1.82) is 0 Å². The third-order valence-electron chi connectivity index (χ3n) is 14.5. The quantitative estimate of drug-likeness (QED) is 0.155. The minimum Gasteiger partial charge on any atom is -0.455 e. The molecule has 0 unspecified atom stereocenters. The second-order valence-electron chi connectivity index (χ2n) is 17.9. The fourth-order valence-corrected chi connectivity index (χ4v) is 11.7. The Balaban J connectivity index is 0.928. The molecule has 0 saturated carbocycles. The van der Waals surface area contributed by atoms with Crippen LogP contribution in [0.25, 0.3) is 88.3 Å². The molecule has 0 amide bonds. The number of para-hydroxylation sites is 1. The average molecular weight is 852 g/mol. The Morgan fingerprint density at radius 2 is 0.776 bits per heavy atom. The van der Waals surface area contributed by atoms with E-state index in [1.165, 1.54) is 60.7 Å². The standard InChI is InChI=1S/C65H41NO/c1-4-18-43(19-5-1)61-62-55-28-11-10-24-49(55)50-38-34-45(40-56(50)64(62)67-63(61)44-20-6-2-7-21-44)42-32-35-47(36-33-42)66(46-22-8-3-9-23-46)48-37-39-54-53-27-14-17-31-59(53)65(60(54)41-48)57-29-15-12-25-51(57)52-26-13-16-30-58(52)65/h1-41H. The highest BCUT2D eigenvalue weighted by atomic mass is 16.3. The molecule has 1 aromatic heterocycles. The minimum absolute atomic E-state index is 0.425. The van der Waals surface area contributed by atoms with Crippen LogP contribution in [0.5, 0.6) is 0 Å². The molecule has 11 aromatic carbocycles. The molecule has 12 aromatic rings. The number of benzene rings is 11. The van der Waals surface area contributed by atoms with Gasteiger partial charge >= 0.3 is 0 Å². The van der Waals surface area contributed by atoms with Crippen LogP contribution in [0.2, 0.25) is 0 Å². The van der Waals surface area contributed by atoms with Crippen LogP contribution in [0, 0.1) is 0 Å². The van der Waals surface area contributed by atoms with Crippen molar-refractivity contribution in [2.45, 2.75) is 5.41 Å². The summed E-state index contributed by atoms with van der Waals surface area (Å²) in [7, 11) is 0. The van der Waals surface area contributed by atoms with Gasteiger partial charge in [0, 0.05) is 39.0 Å². The van der Waals surface area contributed by atoms with E-state index in [-0.39, 0.29) is 0 Å². The predicted molar refractivity (Wildman–Crippen MR) is 279 cm³/mol. The largest absolute Gasteiger partial charge is 0.455 e. The number of anilines is 3. The molecule has 312 valence electrons. The summed E-state index contributed by atoms with van der Waals surface area (Å²) in [6.45, 7) is 0. The molecule has 2 aliphatic carbocycles. The van der Waals surface area contributed by atoms with Gasteiger partial charge in [-0.1, -0.05) is 206 Å². The smallest absolute Gasteiger partial charge is 0.143 e. The van der Waals surface area contributed by atoms with Crippen molar-refractivity contribution in [3.05, 3.63) is 271 Å². The van der Waals surface area contributed by atoms with E-state index in [0.29, 0.717) is 0 Å². The first-order valence-electron chi connectivity index (χ1n) is 23.2. The zero-order valence-electron chi connectivity index (χ0n) is 36.5. The van der Waals surface area contributed by atoms with Crippen LogP contribution < -0.4 is 4.90 Å². The van der Waals surface area contributed by atoms with Crippen LogP contribution in [0.3, 0.4) is 0 Å². The number of rotatable bonds is 6. The van der Waals surface area contributed by atoms with Crippen molar-refractivity contribution in [2.75, 3.05) is 4.90 Å². The molecule has 0 saturated heterocycles. The Labute approximate surface area is 389 Å². The van der Waals surface area contributed by atoms with Crippen LogP contribution in [-0.4, -0.2) is 0 Å². The molecule has 0 bridgehead atoms. The summed E-state index contributed by atoms with van der Waals surface area (Å²) in [4.78, 5) is 2.41. The molecular formula is C65H41NO. The van der Waals surface area contributed by atoms with Crippen molar-refractivity contribution in [2.24, 2.45) is 0 Å². The van der Waals surface area contributed by atoms with E-state index in [1.54, 1.807) is 0 Å². The fraction of sp³-hybridized carbons (Fsp3) is 0.0154. The lowest BCUT2D eigenvalue weighted by molar-refractivity contribution is 0.636. The highest BCUT2D eigenvalue weighted by molar-refractivity contribution is 6.29. The molecule has 0 N–H and O–H groups in total. The van der Waals surface area contributed by atoms with Gasteiger partial charge in [-0.15, -0.1) is 0 Å². The molecule has 2 nitrogen and oxygen atoms in total. The Morgan fingerprint density at radius 1 is 0.299 bits per heavy atom. The zero-order chi connectivity index (χ0) is 44.1. The molecule has 0 atom stereocenters. The van der Waals surface area contributed by atoms with E-state index in [0.717, 1.165) is 67.0 Å². The maximum Gasteiger partial charge on any atom is 0.143 e. The van der Waals surface area contributed by atoms with E-state index >= 15 is 0 Å². The first kappa shape index (κ1) is 37.6. The topological polar surface area (TPSA) is 16.4 Å². The number of nitrogens with zero attached hydrogens (tertiary/aromatic N) is 1. The van der Waals surface area contributed by atoms with Gasteiger partial charge in [0.05, 0.1) is 5.41 Å². The highest BCUT2D eigenvalue weighted by Gasteiger charge is 2.51. The van der Waals surface area contributed by atoms with E-state index in [9.17, 15) is 0 Å². The van der Waals surface area contributed by atoms with Gasteiger partial charge in [0.25, 0.3) is 0 Å². The lowest BCUT2D eigenvalue weighted by Gasteiger charge is -2.32. The predicted octanol–water partition coefficient (Wildman–Crippen LogP) is 17.6. The summed E-state index contributed by atoms with van der Waals surface area (Å²) in [6, 6.07) is 90.9. The van der Waals surface area contributed by atoms with Crippen molar-refractivity contribution in [3.63, 3.8) is 0 Å². The monoisotopic (exact) mass is 851 g/mol. The molecule has 14 rings (SSSR count). The number of furan rings is 1. The van der Waals surface area contributed by atoms with Crippen LogP contribution in [-0.2, 0) is 5.41 Å².